The molecule has 1 aromatic heterocycles. The third kappa shape index (κ3) is 4.27. The minimum Gasteiger partial charge on any atom is -0.441 e. The van der Waals surface area contributed by atoms with E-state index in [1.165, 1.54) is 5.56 Å². The van der Waals surface area contributed by atoms with Gasteiger partial charge >= 0.3 is 6.09 Å². The van der Waals surface area contributed by atoms with Crippen molar-refractivity contribution in [3.63, 3.8) is 0 Å². The number of nitrogens with zero attached hydrogens (tertiary/aromatic N) is 2. The van der Waals surface area contributed by atoms with Gasteiger partial charge in [0.1, 0.15) is 10.7 Å². The number of nitrogens with one attached hydrogen (secondary N) is 1. The van der Waals surface area contributed by atoms with Gasteiger partial charge in [-0.25, -0.2) is 9.78 Å². The van der Waals surface area contributed by atoms with Gasteiger partial charge in [0, 0.05) is 24.0 Å². The summed E-state index contributed by atoms with van der Waals surface area (Å²) in [6.45, 7) is 7.77. The van der Waals surface area contributed by atoms with Crippen LogP contribution in [0.4, 0.5) is 10.5 Å². The molecule has 1 N–H and O–H groups in total. The van der Waals surface area contributed by atoms with Crippen molar-refractivity contribution in [2.75, 3.05) is 18.0 Å². The summed E-state index contributed by atoms with van der Waals surface area (Å²) in [7, 11) is 0. The molecule has 5 nitrogen and oxygen atoms in total. The van der Waals surface area contributed by atoms with Crippen molar-refractivity contribution in [2.24, 2.45) is 5.41 Å². The molecule has 2 aliphatic rings. The maximum Gasteiger partial charge on any atom is 0.408 e. The number of rotatable bonds is 2. The van der Waals surface area contributed by atoms with Gasteiger partial charge in [-0.3, -0.25) is 0 Å². The lowest BCUT2D eigenvalue weighted by molar-refractivity contribution is -0.00237. The van der Waals surface area contributed by atoms with E-state index in [9.17, 15) is 4.79 Å². The zero-order valence-corrected chi connectivity index (χ0v) is 18.8. The molecule has 1 aromatic carbocycles. The van der Waals surface area contributed by atoms with Gasteiger partial charge in [0.25, 0.3) is 0 Å². The van der Waals surface area contributed by atoms with E-state index >= 15 is 0 Å². The Hall–Kier alpha value is -2.08. The largest absolute Gasteiger partial charge is 0.441 e. The Balaban J connectivity index is 1.54. The third-order valence-electron chi connectivity index (χ3n) is 5.97. The molecule has 29 heavy (non-hydrogen) atoms. The zero-order chi connectivity index (χ0) is 20.6. The monoisotopic (exact) mass is 457 g/mol. The fourth-order valence-corrected chi connectivity index (χ4v) is 4.82. The Morgan fingerprint density at radius 3 is 2.59 bits per heavy atom. The molecule has 4 rings (SSSR count). The highest BCUT2D eigenvalue weighted by molar-refractivity contribution is 9.10. The van der Waals surface area contributed by atoms with Crippen LogP contribution in [0.15, 0.2) is 47.2 Å². The molecule has 1 saturated heterocycles. The number of hydrogen-bond acceptors (Lipinski definition) is 4. The molecule has 0 radical (unpaired) electrons. The lowest BCUT2D eigenvalue weighted by atomic mass is 9.74. The smallest absolute Gasteiger partial charge is 0.408 e. The Morgan fingerprint density at radius 2 is 1.93 bits per heavy atom. The Kier molecular flexibility index (Phi) is 5.32. The van der Waals surface area contributed by atoms with Crippen LogP contribution in [0.25, 0.3) is 0 Å². The summed E-state index contributed by atoms with van der Waals surface area (Å²) in [5, 5.41) is 2.95. The molecule has 1 amide bonds. The zero-order valence-electron chi connectivity index (χ0n) is 17.2. The molecule has 6 heteroatoms. The highest BCUT2D eigenvalue weighted by atomic mass is 79.9. The molecular weight excluding hydrogens is 430 g/mol. The second kappa shape index (κ2) is 7.63. The number of carbonyl (C=O) groups is 1. The number of fused-ring (bicyclic) bond motifs is 1. The van der Waals surface area contributed by atoms with E-state index in [1.54, 1.807) is 0 Å². The fraction of sp³-hybridized carbons (Fsp3) is 0.478. The van der Waals surface area contributed by atoms with Crippen molar-refractivity contribution in [3.05, 3.63) is 58.3 Å². The van der Waals surface area contributed by atoms with E-state index < -0.39 is 0 Å². The topological polar surface area (TPSA) is 54.5 Å². The lowest BCUT2D eigenvalue weighted by Crippen LogP contribution is -2.46. The summed E-state index contributed by atoms with van der Waals surface area (Å²) < 4.78 is 6.92. The number of pyridine rings is 1. The Bertz CT molecular complexity index is 884. The lowest BCUT2D eigenvalue weighted by Gasteiger charge is -2.43. The molecule has 1 aliphatic heterocycles. The van der Waals surface area contributed by atoms with Crippen LogP contribution in [0, 0.1) is 5.41 Å². The van der Waals surface area contributed by atoms with Crippen LogP contribution in [0.1, 0.15) is 50.8 Å². The second-order valence-corrected chi connectivity index (χ2v) is 10.0. The van der Waals surface area contributed by atoms with E-state index in [1.807, 2.05) is 39.1 Å². The summed E-state index contributed by atoms with van der Waals surface area (Å²) in [5.74, 6) is 0. The Labute approximate surface area is 181 Å². The van der Waals surface area contributed by atoms with E-state index in [-0.39, 0.29) is 23.2 Å². The van der Waals surface area contributed by atoms with Gasteiger partial charge in [0.15, 0.2) is 0 Å². The van der Waals surface area contributed by atoms with Crippen LogP contribution in [-0.2, 0) is 11.2 Å². The van der Waals surface area contributed by atoms with Crippen molar-refractivity contribution in [1.29, 1.82) is 0 Å². The van der Waals surface area contributed by atoms with Crippen LogP contribution in [0.2, 0.25) is 0 Å². The highest BCUT2D eigenvalue weighted by Crippen LogP contribution is 2.54. The van der Waals surface area contributed by atoms with E-state index in [0.717, 1.165) is 48.2 Å². The molecule has 0 bridgehead atoms. The first-order valence-corrected chi connectivity index (χ1v) is 11.0. The van der Waals surface area contributed by atoms with Crippen LogP contribution < -0.4 is 10.2 Å². The van der Waals surface area contributed by atoms with Gasteiger partial charge in [-0.2, -0.15) is 0 Å². The minimum absolute atomic E-state index is 0.0434. The number of ether oxygens (including phenoxy) is 1. The normalized spacial score (nSPS) is 20.4. The number of aromatic nitrogens is 1. The number of anilines is 1. The third-order valence-corrected chi connectivity index (χ3v) is 6.44. The van der Waals surface area contributed by atoms with Gasteiger partial charge in [-0.15, -0.1) is 0 Å². The van der Waals surface area contributed by atoms with Crippen LogP contribution in [-0.4, -0.2) is 29.7 Å². The SMILES string of the molecule is CC(C)(C)NC(=O)O[C@@H]1c2ccccc2CC12CCN(c1ccc(Br)nc1)CC2. The van der Waals surface area contributed by atoms with Crippen molar-refractivity contribution >= 4 is 27.7 Å². The highest BCUT2D eigenvalue weighted by Gasteiger charge is 2.50. The van der Waals surface area contributed by atoms with Gasteiger partial charge in [-0.1, -0.05) is 24.3 Å². The van der Waals surface area contributed by atoms with Crippen molar-refractivity contribution in [1.82, 2.24) is 10.3 Å². The number of hydrogen-bond donors (Lipinski definition) is 1. The predicted molar refractivity (Wildman–Crippen MR) is 118 cm³/mol. The molecule has 0 saturated carbocycles. The van der Waals surface area contributed by atoms with Crippen molar-refractivity contribution in [3.8, 4) is 0 Å². The Morgan fingerprint density at radius 1 is 1.21 bits per heavy atom. The molecule has 1 spiro atoms. The summed E-state index contributed by atoms with van der Waals surface area (Å²) >= 11 is 3.40. The van der Waals surface area contributed by atoms with E-state index in [0.29, 0.717) is 0 Å². The molecule has 154 valence electrons. The second-order valence-electron chi connectivity index (χ2n) is 9.22. The maximum absolute atomic E-state index is 12.6. The van der Waals surface area contributed by atoms with Crippen molar-refractivity contribution < 1.29 is 9.53 Å². The maximum atomic E-state index is 12.6. The quantitative estimate of drug-likeness (QED) is 0.625. The number of halogens is 1. The van der Waals surface area contributed by atoms with Gasteiger partial charge < -0.3 is 15.0 Å². The first-order valence-electron chi connectivity index (χ1n) is 10.2. The van der Waals surface area contributed by atoms with Crippen LogP contribution >= 0.6 is 15.9 Å². The van der Waals surface area contributed by atoms with E-state index in [4.69, 9.17) is 4.74 Å². The standard InChI is InChI=1S/C23H28BrN3O2/c1-22(2,3)26-21(28)29-20-18-7-5-4-6-16(18)14-23(20)10-12-27(13-11-23)17-8-9-19(24)25-15-17/h4-9,15,20H,10-14H2,1-3H3,(H,26,28)/t20-/m1/s1. The molecular formula is C23H28BrN3O2. The first kappa shape index (κ1) is 20.2. The number of piperidine rings is 1. The number of alkyl carbamates (subject to hydrolysis) is 1. The van der Waals surface area contributed by atoms with Gasteiger partial charge in [-0.05, 0) is 79.2 Å². The summed E-state index contributed by atoms with van der Waals surface area (Å²) in [5.41, 5.74) is 3.25. The summed E-state index contributed by atoms with van der Waals surface area (Å²) in [6.07, 6.45) is 4.29. The van der Waals surface area contributed by atoms with Crippen LogP contribution in [0.3, 0.4) is 0 Å². The first-order chi connectivity index (χ1) is 13.8. The summed E-state index contributed by atoms with van der Waals surface area (Å²) in [6, 6.07) is 12.5. The molecule has 0 unspecified atom stereocenters. The molecule has 1 atom stereocenters. The molecule has 2 aromatic rings. The number of carbonyl (C=O) groups excluding carboxylic acids is 1. The van der Waals surface area contributed by atoms with Gasteiger partial charge in [0.05, 0.1) is 11.9 Å². The molecule has 1 aliphatic carbocycles. The fourth-order valence-electron chi connectivity index (χ4n) is 4.59. The predicted octanol–water partition coefficient (Wildman–Crippen LogP) is 5.25. The molecule has 1 fully saturated rings. The van der Waals surface area contributed by atoms with Crippen molar-refractivity contribution in [2.45, 2.75) is 51.7 Å². The number of benzene rings is 1. The average Bonchev–Trinajstić information content (AvgIpc) is 2.95. The molecule has 2 heterocycles. The minimum atomic E-state index is -0.335. The van der Waals surface area contributed by atoms with Gasteiger partial charge in [0.2, 0.25) is 0 Å². The van der Waals surface area contributed by atoms with E-state index in [2.05, 4.69) is 55.4 Å². The van der Waals surface area contributed by atoms with Crippen LogP contribution in [0.5, 0.6) is 0 Å². The summed E-state index contributed by atoms with van der Waals surface area (Å²) in [4.78, 5) is 19.3. The average molecular weight is 458 g/mol. The number of amides is 1.